The lowest BCUT2D eigenvalue weighted by molar-refractivity contribution is 0.0685. The fourth-order valence-corrected chi connectivity index (χ4v) is 2.08. The summed E-state index contributed by atoms with van der Waals surface area (Å²) < 4.78 is 1.64. The standard InChI is InChI=1S/C13H13ClN2O2/c1-8-3-4-10(11(14)5-8)7-16-9(2)15-6-12(16)13(17)18/h3-6H,7H2,1-2H3,(H,17,18). The summed E-state index contributed by atoms with van der Waals surface area (Å²) in [5.74, 6) is -0.331. The van der Waals surface area contributed by atoms with Gasteiger partial charge in [0.2, 0.25) is 0 Å². The fraction of sp³-hybridized carbons (Fsp3) is 0.231. The lowest BCUT2D eigenvalue weighted by Gasteiger charge is -2.10. The van der Waals surface area contributed by atoms with Crippen LogP contribution in [-0.2, 0) is 6.54 Å². The third-order valence-electron chi connectivity index (χ3n) is 2.81. The van der Waals surface area contributed by atoms with Gasteiger partial charge in [0.05, 0.1) is 12.7 Å². The van der Waals surface area contributed by atoms with Gasteiger partial charge in [-0.15, -0.1) is 0 Å². The van der Waals surface area contributed by atoms with Crippen molar-refractivity contribution < 1.29 is 9.90 Å². The van der Waals surface area contributed by atoms with Crippen molar-refractivity contribution in [3.05, 3.63) is 52.1 Å². The molecule has 1 N–H and O–H groups in total. The summed E-state index contributed by atoms with van der Waals surface area (Å²) in [7, 11) is 0. The van der Waals surface area contributed by atoms with Crippen LogP contribution in [0.3, 0.4) is 0 Å². The summed E-state index contributed by atoms with van der Waals surface area (Å²) in [6.45, 7) is 4.14. The average molecular weight is 265 g/mol. The summed E-state index contributed by atoms with van der Waals surface area (Å²) in [5, 5.41) is 9.71. The number of halogens is 1. The Balaban J connectivity index is 2.39. The summed E-state index contributed by atoms with van der Waals surface area (Å²) in [5.41, 5.74) is 2.12. The number of aromatic carboxylic acids is 1. The van der Waals surface area contributed by atoms with E-state index in [1.54, 1.807) is 11.5 Å². The zero-order chi connectivity index (χ0) is 13.3. The first-order valence-electron chi connectivity index (χ1n) is 5.49. The van der Waals surface area contributed by atoms with Crippen LogP contribution in [0.5, 0.6) is 0 Å². The van der Waals surface area contributed by atoms with Crippen LogP contribution in [0.15, 0.2) is 24.4 Å². The number of rotatable bonds is 3. The van der Waals surface area contributed by atoms with E-state index in [4.69, 9.17) is 16.7 Å². The van der Waals surface area contributed by atoms with Gasteiger partial charge in [-0.2, -0.15) is 0 Å². The van der Waals surface area contributed by atoms with Crippen LogP contribution in [-0.4, -0.2) is 20.6 Å². The van der Waals surface area contributed by atoms with Crippen molar-refractivity contribution in [2.45, 2.75) is 20.4 Å². The topological polar surface area (TPSA) is 55.1 Å². The molecule has 0 saturated carbocycles. The van der Waals surface area contributed by atoms with Gasteiger partial charge in [-0.25, -0.2) is 9.78 Å². The third-order valence-corrected chi connectivity index (χ3v) is 3.16. The van der Waals surface area contributed by atoms with Gasteiger partial charge >= 0.3 is 5.97 Å². The summed E-state index contributed by atoms with van der Waals surface area (Å²) >= 11 is 6.15. The summed E-state index contributed by atoms with van der Waals surface area (Å²) in [6, 6.07) is 5.72. The van der Waals surface area contributed by atoms with Crippen LogP contribution in [0, 0.1) is 13.8 Å². The lowest BCUT2D eigenvalue weighted by atomic mass is 10.1. The van der Waals surface area contributed by atoms with Crippen LogP contribution < -0.4 is 0 Å². The van der Waals surface area contributed by atoms with Crippen molar-refractivity contribution in [1.82, 2.24) is 9.55 Å². The highest BCUT2D eigenvalue weighted by molar-refractivity contribution is 6.31. The molecule has 0 atom stereocenters. The van der Waals surface area contributed by atoms with E-state index < -0.39 is 5.97 Å². The number of aromatic nitrogens is 2. The Kier molecular flexibility index (Phi) is 3.39. The summed E-state index contributed by atoms with van der Waals surface area (Å²) in [4.78, 5) is 15.1. The molecule has 2 aromatic rings. The number of nitrogens with zero attached hydrogens (tertiary/aromatic N) is 2. The van der Waals surface area contributed by atoms with E-state index in [9.17, 15) is 4.79 Å². The molecule has 0 aliphatic carbocycles. The first-order chi connectivity index (χ1) is 8.49. The van der Waals surface area contributed by atoms with Crippen molar-refractivity contribution in [3.63, 3.8) is 0 Å². The van der Waals surface area contributed by atoms with Crippen molar-refractivity contribution in [2.75, 3.05) is 0 Å². The molecule has 0 aliphatic rings. The van der Waals surface area contributed by atoms with Gasteiger partial charge in [0, 0.05) is 5.02 Å². The molecule has 0 unspecified atom stereocenters. The largest absolute Gasteiger partial charge is 0.477 e. The molecule has 4 nitrogen and oxygen atoms in total. The molecule has 94 valence electrons. The number of aryl methyl sites for hydroxylation is 2. The first kappa shape index (κ1) is 12.6. The maximum atomic E-state index is 11.1. The molecule has 2 rings (SSSR count). The number of hydrogen-bond donors (Lipinski definition) is 1. The second kappa shape index (κ2) is 4.82. The highest BCUT2D eigenvalue weighted by Gasteiger charge is 2.14. The monoisotopic (exact) mass is 264 g/mol. The molecule has 1 aromatic heterocycles. The maximum Gasteiger partial charge on any atom is 0.354 e. The smallest absolute Gasteiger partial charge is 0.354 e. The zero-order valence-electron chi connectivity index (χ0n) is 10.1. The third kappa shape index (κ3) is 2.38. The van der Waals surface area contributed by atoms with Gasteiger partial charge in [0.15, 0.2) is 0 Å². The van der Waals surface area contributed by atoms with Crippen molar-refractivity contribution in [1.29, 1.82) is 0 Å². The number of imidazole rings is 1. The van der Waals surface area contributed by atoms with Crippen molar-refractivity contribution in [3.8, 4) is 0 Å². The first-order valence-corrected chi connectivity index (χ1v) is 5.87. The van der Waals surface area contributed by atoms with Crippen LogP contribution in [0.1, 0.15) is 27.4 Å². The minimum atomic E-state index is -0.987. The number of carbonyl (C=O) groups is 1. The Bertz CT molecular complexity index is 605. The normalized spacial score (nSPS) is 10.6. The van der Waals surface area contributed by atoms with E-state index in [2.05, 4.69) is 4.98 Å². The molecule has 1 aromatic carbocycles. The van der Waals surface area contributed by atoms with E-state index in [0.717, 1.165) is 11.1 Å². The van der Waals surface area contributed by atoms with Crippen LogP contribution in [0.25, 0.3) is 0 Å². The van der Waals surface area contributed by atoms with Crippen molar-refractivity contribution in [2.24, 2.45) is 0 Å². The molecular formula is C13H13ClN2O2. The molecule has 1 heterocycles. The lowest BCUT2D eigenvalue weighted by Crippen LogP contribution is -2.11. The van der Waals surface area contributed by atoms with Gasteiger partial charge in [0.25, 0.3) is 0 Å². The van der Waals surface area contributed by atoms with Gasteiger partial charge in [0.1, 0.15) is 11.5 Å². The minimum Gasteiger partial charge on any atom is -0.477 e. The minimum absolute atomic E-state index is 0.171. The highest BCUT2D eigenvalue weighted by Crippen LogP contribution is 2.20. The second-order valence-electron chi connectivity index (χ2n) is 4.18. The summed E-state index contributed by atoms with van der Waals surface area (Å²) in [6.07, 6.45) is 1.36. The van der Waals surface area contributed by atoms with E-state index in [0.29, 0.717) is 17.4 Å². The SMILES string of the molecule is Cc1ccc(Cn2c(C(=O)O)cnc2C)c(Cl)c1. The molecule has 0 saturated heterocycles. The van der Waals surface area contributed by atoms with Crippen LogP contribution >= 0.6 is 11.6 Å². The van der Waals surface area contributed by atoms with Crippen molar-refractivity contribution >= 4 is 17.6 Å². The van der Waals surface area contributed by atoms with E-state index in [1.807, 2.05) is 25.1 Å². The van der Waals surface area contributed by atoms with E-state index >= 15 is 0 Å². The molecule has 0 aliphatic heterocycles. The molecule has 0 bridgehead atoms. The second-order valence-corrected chi connectivity index (χ2v) is 4.58. The highest BCUT2D eigenvalue weighted by atomic mass is 35.5. The number of hydrogen-bond acceptors (Lipinski definition) is 2. The predicted octanol–water partition coefficient (Wildman–Crippen LogP) is 2.90. The molecule has 18 heavy (non-hydrogen) atoms. The van der Waals surface area contributed by atoms with Crippen LogP contribution in [0.4, 0.5) is 0 Å². The maximum absolute atomic E-state index is 11.1. The Hall–Kier alpha value is -1.81. The number of carboxylic acid groups (broad SMARTS) is 1. The Morgan fingerprint density at radius 2 is 2.17 bits per heavy atom. The number of benzene rings is 1. The predicted molar refractivity (Wildman–Crippen MR) is 69.2 cm³/mol. The van der Waals surface area contributed by atoms with Gasteiger partial charge < -0.3 is 9.67 Å². The van der Waals surface area contributed by atoms with Gasteiger partial charge in [-0.05, 0) is 31.0 Å². The zero-order valence-corrected chi connectivity index (χ0v) is 10.9. The van der Waals surface area contributed by atoms with Gasteiger partial charge in [-0.1, -0.05) is 23.7 Å². The molecule has 0 radical (unpaired) electrons. The van der Waals surface area contributed by atoms with E-state index in [1.165, 1.54) is 6.20 Å². The van der Waals surface area contributed by atoms with Crippen LogP contribution in [0.2, 0.25) is 5.02 Å². The fourth-order valence-electron chi connectivity index (χ4n) is 1.79. The molecule has 0 amide bonds. The Morgan fingerprint density at radius 1 is 1.44 bits per heavy atom. The van der Waals surface area contributed by atoms with Gasteiger partial charge in [-0.3, -0.25) is 0 Å². The molecule has 0 fully saturated rings. The average Bonchev–Trinajstić information content (AvgIpc) is 2.64. The van der Waals surface area contributed by atoms with E-state index in [-0.39, 0.29) is 5.69 Å². The molecule has 0 spiro atoms. The quantitative estimate of drug-likeness (QED) is 0.927. The molecule has 5 heteroatoms. The number of carboxylic acids is 1. The Morgan fingerprint density at radius 3 is 2.78 bits per heavy atom. The molecular weight excluding hydrogens is 252 g/mol. The Labute approximate surface area is 110 Å².